The van der Waals surface area contributed by atoms with Crippen molar-refractivity contribution in [2.45, 2.75) is 68.2 Å². The van der Waals surface area contributed by atoms with E-state index in [1.54, 1.807) is 6.07 Å². The summed E-state index contributed by atoms with van der Waals surface area (Å²) in [7, 11) is 0. The number of hydrogen-bond donors (Lipinski definition) is 3. The summed E-state index contributed by atoms with van der Waals surface area (Å²) in [4.78, 5) is 8.36. The van der Waals surface area contributed by atoms with Crippen molar-refractivity contribution < 1.29 is 19.8 Å². The number of nitrogens with two attached hydrogens (primary N) is 1. The minimum Gasteiger partial charge on any atom is -0.504 e. The van der Waals surface area contributed by atoms with Gasteiger partial charge in [0.2, 0.25) is 0 Å². The fraction of sp³-hybridized carbons (Fsp3) is 0.519. The lowest BCUT2D eigenvalue weighted by Crippen LogP contribution is -2.76. The first kappa shape index (κ1) is 20.7. The summed E-state index contributed by atoms with van der Waals surface area (Å²) in [5, 5.41) is 27.7. The van der Waals surface area contributed by atoms with Gasteiger partial charge in [-0.25, -0.2) is 0 Å². The average molecular weight is 462 g/mol. The maximum Gasteiger partial charge on any atom is 0.166 e. The Bertz CT molecular complexity index is 1180. The van der Waals surface area contributed by atoms with Crippen molar-refractivity contribution >= 4 is 5.71 Å². The lowest BCUT2D eigenvalue weighted by molar-refractivity contribution is -0.167. The molecule has 7 rings (SSSR count). The molecule has 2 aromatic rings. The van der Waals surface area contributed by atoms with Crippen LogP contribution in [-0.2, 0) is 18.4 Å². The molecule has 2 heterocycles. The number of likely N-dealkylation sites (tertiary alicyclic amines) is 1. The quantitative estimate of drug-likeness (QED) is 0.592. The van der Waals surface area contributed by atoms with Crippen LogP contribution in [0.15, 0.2) is 41.6 Å². The number of hydrogen-bond acceptors (Lipinski definition) is 7. The third-order valence-corrected chi connectivity index (χ3v) is 9.01. The first-order valence-corrected chi connectivity index (χ1v) is 12.5. The van der Waals surface area contributed by atoms with Crippen molar-refractivity contribution in [3.05, 3.63) is 53.1 Å². The summed E-state index contributed by atoms with van der Waals surface area (Å²) < 4.78 is 6.48. The fourth-order valence-corrected chi connectivity index (χ4v) is 7.17. The SMILES string of the molecule is NCc1ccc(O/N=C2\CC[C@@]3(O)[C@H]4Cc5ccc(O)c6c5[C@@]3(CCN4CC3CC3)[C@H]2O6)cc1. The van der Waals surface area contributed by atoms with Gasteiger partial charge in [-0.05, 0) is 80.3 Å². The van der Waals surface area contributed by atoms with E-state index in [1.807, 2.05) is 30.3 Å². The van der Waals surface area contributed by atoms with Crippen LogP contribution in [0.25, 0.3) is 0 Å². The van der Waals surface area contributed by atoms with E-state index in [1.165, 1.54) is 18.4 Å². The van der Waals surface area contributed by atoms with Gasteiger partial charge in [-0.15, -0.1) is 0 Å². The lowest BCUT2D eigenvalue weighted by Gasteiger charge is -2.63. The molecule has 7 nitrogen and oxygen atoms in total. The molecule has 1 saturated heterocycles. The summed E-state index contributed by atoms with van der Waals surface area (Å²) in [6.07, 6.45) is 4.94. The molecule has 3 fully saturated rings. The van der Waals surface area contributed by atoms with Crippen LogP contribution in [0.4, 0.5) is 0 Å². The molecule has 1 spiro atoms. The molecule has 2 bridgehead atoms. The number of oxime groups is 1. The molecule has 2 aromatic carbocycles. The van der Waals surface area contributed by atoms with Gasteiger partial charge in [-0.1, -0.05) is 23.4 Å². The second-order valence-electron chi connectivity index (χ2n) is 10.8. The van der Waals surface area contributed by atoms with E-state index in [0.717, 1.165) is 48.7 Å². The summed E-state index contributed by atoms with van der Waals surface area (Å²) >= 11 is 0. The first-order chi connectivity index (χ1) is 16.5. The first-order valence-electron chi connectivity index (χ1n) is 12.5. The van der Waals surface area contributed by atoms with Gasteiger partial charge in [-0.2, -0.15) is 0 Å². The van der Waals surface area contributed by atoms with Crippen molar-refractivity contribution in [1.29, 1.82) is 0 Å². The Morgan fingerprint density at radius 2 is 1.97 bits per heavy atom. The highest BCUT2D eigenvalue weighted by Crippen LogP contribution is 2.65. The Morgan fingerprint density at radius 3 is 2.74 bits per heavy atom. The van der Waals surface area contributed by atoms with E-state index in [2.05, 4.69) is 10.1 Å². The number of rotatable bonds is 5. The maximum atomic E-state index is 12.5. The fourth-order valence-electron chi connectivity index (χ4n) is 7.17. The predicted octanol–water partition coefficient (Wildman–Crippen LogP) is 2.85. The van der Waals surface area contributed by atoms with Crippen molar-refractivity contribution in [1.82, 2.24) is 4.90 Å². The molecule has 7 heteroatoms. The molecule has 4 N–H and O–H groups in total. The van der Waals surface area contributed by atoms with Crippen LogP contribution in [0, 0.1) is 5.92 Å². The number of ether oxygens (including phenoxy) is 1. The molecule has 3 aliphatic carbocycles. The summed E-state index contributed by atoms with van der Waals surface area (Å²) in [5.74, 6) is 2.07. The molecule has 0 amide bonds. The van der Waals surface area contributed by atoms with Gasteiger partial charge in [0.05, 0.1) is 16.7 Å². The average Bonchev–Trinajstić information content (AvgIpc) is 3.59. The third kappa shape index (κ3) is 2.72. The summed E-state index contributed by atoms with van der Waals surface area (Å²) in [6, 6.07) is 11.4. The molecular formula is C27H31N3O4. The molecule has 5 aliphatic rings. The van der Waals surface area contributed by atoms with Crippen LogP contribution in [0.3, 0.4) is 0 Å². The van der Waals surface area contributed by atoms with Crippen molar-refractivity contribution in [3.63, 3.8) is 0 Å². The Kier molecular flexibility index (Phi) is 4.39. The van der Waals surface area contributed by atoms with Crippen LogP contribution in [0.1, 0.15) is 48.8 Å². The van der Waals surface area contributed by atoms with E-state index in [4.69, 9.17) is 15.3 Å². The second kappa shape index (κ2) is 7.20. The van der Waals surface area contributed by atoms with Crippen molar-refractivity contribution in [3.8, 4) is 17.2 Å². The summed E-state index contributed by atoms with van der Waals surface area (Å²) in [5.41, 5.74) is 8.19. The van der Waals surface area contributed by atoms with Crippen LogP contribution >= 0.6 is 0 Å². The highest BCUT2D eigenvalue weighted by atomic mass is 16.6. The predicted molar refractivity (Wildman–Crippen MR) is 127 cm³/mol. The molecule has 0 aromatic heterocycles. The Hall–Kier alpha value is -2.61. The van der Waals surface area contributed by atoms with Gasteiger partial charge in [0.25, 0.3) is 0 Å². The lowest BCUT2D eigenvalue weighted by atomic mass is 9.49. The maximum absolute atomic E-state index is 12.5. The molecule has 2 saturated carbocycles. The largest absolute Gasteiger partial charge is 0.504 e. The smallest absolute Gasteiger partial charge is 0.166 e. The van der Waals surface area contributed by atoms with Crippen LogP contribution < -0.4 is 15.3 Å². The normalized spacial score (nSPS) is 34.6. The van der Waals surface area contributed by atoms with Gasteiger partial charge >= 0.3 is 0 Å². The topological polar surface area (TPSA) is 101 Å². The number of piperidine rings is 1. The zero-order valence-electron chi connectivity index (χ0n) is 19.2. The minimum absolute atomic E-state index is 0.0576. The highest BCUT2D eigenvalue weighted by molar-refractivity contribution is 5.94. The van der Waals surface area contributed by atoms with E-state index in [0.29, 0.717) is 30.9 Å². The Balaban J connectivity index is 1.29. The Labute approximate surface area is 199 Å². The molecule has 4 atom stereocenters. The van der Waals surface area contributed by atoms with Gasteiger partial charge in [-0.3, -0.25) is 4.90 Å². The molecule has 0 radical (unpaired) electrons. The number of phenolic OH excluding ortho intramolecular Hbond substituents is 1. The highest BCUT2D eigenvalue weighted by Gasteiger charge is 2.72. The second-order valence-corrected chi connectivity index (χ2v) is 10.8. The zero-order chi connectivity index (χ0) is 23.1. The van der Waals surface area contributed by atoms with Gasteiger partial charge < -0.3 is 25.5 Å². The van der Waals surface area contributed by atoms with Crippen LogP contribution in [-0.4, -0.2) is 51.7 Å². The number of nitrogens with zero attached hydrogens (tertiary/aromatic N) is 2. The monoisotopic (exact) mass is 461 g/mol. The van der Waals surface area contributed by atoms with E-state index in [-0.39, 0.29) is 11.8 Å². The minimum atomic E-state index is -0.918. The zero-order valence-corrected chi connectivity index (χ0v) is 19.2. The molecule has 34 heavy (non-hydrogen) atoms. The summed E-state index contributed by atoms with van der Waals surface area (Å²) in [6.45, 7) is 2.47. The van der Waals surface area contributed by atoms with E-state index >= 15 is 0 Å². The molecule has 178 valence electrons. The van der Waals surface area contributed by atoms with E-state index in [9.17, 15) is 10.2 Å². The van der Waals surface area contributed by atoms with Crippen molar-refractivity contribution in [2.75, 3.05) is 13.1 Å². The van der Waals surface area contributed by atoms with Crippen molar-refractivity contribution in [2.24, 2.45) is 16.8 Å². The van der Waals surface area contributed by atoms with E-state index < -0.39 is 17.1 Å². The third-order valence-electron chi connectivity index (χ3n) is 9.01. The number of aliphatic hydroxyl groups is 1. The molecular weight excluding hydrogens is 430 g/mol. The van der Waals surface area contributed by atoms with Crippen LogP contribution in [0.2, 0.25) is 0 Å². The van der Waals surface area contributed by atoms with Gasteiger partial charge in [0.15, 0.2) is 23.4 Å². The molecule has 0 unspecified atom stereocenters. The number of phenols is 1. The molecule has 2 aliphatic heterocycles. The standard InChI is InChI=1S/C27H31N3O4/c28-14-16-3-6-19(7-4-16)34-29-20-9-10-27(32)22-13-18-5-8-21(31)24-23(18)26(27,25(20)33-24)11-12-30(22)15-17-1-2-17/h3-8,17,22,25,31-32H,1-2,9-15,28H2/b29-20+/t22-,25+,26+,27-/m1/s1. The van der Waals surface area contributed by atoms with Crippen LogP contribution in [0.5, 0.6) is 17.2 Å². The number of aromatic hydroxyl groups is 1. The Morgan fingerprint density at radius 1 is 1.15 bits per heavy atom. The van der Waals surface area contributed by atoms with Gasteiger partial charge in [0.1, 0.15) is 0 Å². The number of benzene rings is 2. The van der Waals surface area contributed by atoms with Gasteiger partial charge in [0, 0.05) is 24.7 Å².